The summed E-state index contributed by atoms with van der Waals surface area (Å²) in [5.41, 5.74) is 1.24. The summed E-state index contributed by atoms with van der Waals surface area (Å²) in [6.45, 7) is 5.88. The minimum Gasteiger partial charge on any atom is -0.411 e. The van der Waals surface area contributed by atoms with Crippen molar-refractivity contribution in [2.24, 2.45) is 10.6 Å². The highest BCUT2D eigenvalue weighted by Gasteiger charge is 2.26. The van der Waals surface area contributed by atoms with E-state index in [-0.39, 0.29) is 5.41 Å². The van der Waals surface area contributed by atoms with E-state index in [0.717, 1.165) is 19.3 Å². The van der Waals surface area contributed by atoms with Gasteiger partial charge in [0.15, 0.2) is 0 Å². The Morgan fingerprint density at radius 3 is 3.00 bits per heavy atom. The Bertz CT molecular complexity index is 230. The van der Waals surface area contributed by atoms with E-state index >= 15 is 0 Å². The first-order valence-electron chi connectivity index (χ1n) is 4.20. The third-order valence-electron chi connectivity index (χ3n) is 2.43. The van der Waals surface area contributed by atoms with Crippen LogP contribution in [0, 0.1) is 5.41 Å². The Balaban J connectivity index is 2.82. The van der Waals surface area contributed by atoms with Crippen LogP contribution < -0.4 is 0 Å². The van der Waals surface area contributed by atoms with E-state index in [1.165, 1.54) is 5.57 Å². The molecule has 0 aromatic carbocycles. The molecular weight excluding hydrogens is 150 g/mol. The lowest BCUT2D eigenvalue weighted by molar-refractivity contribution is 0.312. The Hall–Kier alpha value is -1.05. The quantitative estimate of drug-likeness (QED) is 0.290. The fraction of sp³-hybridized carbons (Fsp3) is 0.500. The topological polar surface area (TPSA) is 32.6 Å². The van der Waals surface area contributed by atoms with E-state index in [1.54, 1.807) is 6.21 Å². The van der Waals surface area contributed by atoms with E-state index < -0.39 is 0 Å². The lowest BCUT2D eigenvalue weighted by Crippen LogP contribution is -2.22. The summed E-state index contributed by atoms with van der Waals surface area (Å²) in [5.74, 6) is 0. The monoisotopic (exact) mass is 165 g/mol. The first kappa shape index (κ1) is 9.04. The predicted molar refractivity (Wildman–Crippen MR) is 50.5 cm³/mol. The summed E-state index contributed by atoms with van der Waals surface area (Å²) in [6, 6.07) is 0. The number of hydrogen-bond acceptors (Lipinski definition) is 2. The van der Waals surface area contributed by atoms with Crippen LogP contribution in [0.1, 0.15) is 26.2 Å². The summed E-state index contributed by atoms with van der Waals surface area (Å²) in [6.07, 6.45) is 8.68. The highest BCUT2D eigenvalue weighted by Crippen LogP contribution is 2.35. The van der Waals surface area contributed by atoms with Gasteiger partial charge in [-0.3, -0.25) is 0 Å². The maximum atomic E-state index is 8.50. The molecule has 0 aliphatic heterocycles. The van der Waals surface area contributed by atoms with Crippen molar-refractivity contribution in [2.45, 2.75) is 26.2 Å². The molecule has 1 unspecified atom stereocenters. The van der Waals surface area contributed by atoms with Gasteiger partial charge < -0.3 is 5.21 Å². The predicted octanol–water partition coefficient (Wildman–Crippen LogP) is 2.75. The van der Waals surface area contributed by atoms with E-state index in [1.807, 2.05) is 6.08 Å². The van der Waals surface area contributed by atoms with Crippen LogP contribution in [0.25, 0.3) is 0 Å². The summed E-state index contributed by atoms with van der Waals surface area (Å²) in [4.78, 5) is 0. The number of allylic oxidation sites excluding steroid dienone is 3. The van der Waals surface area contributed by atoms with Gasteiger partial charge in [0, 0.05) is 5.41 Å². The van der Waals surface area contributed by atoms with Crippen molar-refractivity contribution >= 4 is 6.21 Å². The minimum atomic E-state index is -0.104. The van der Waals surface area contributed by atoms with E-state index in [4.69, 9.17) is 5.21 Å². The molecule has 1 aliphatic rings. The van der Waals surface area contributed by atoms with Crippen molar-refractivity contribution in [2.75, 3.05) is 0 Å². The van der Waals surface area contributed by atoms with E-state index in [9.17, 15) is 0 Å². The van der Waals surface area contributed by atoms with Crippen molar-refractivity contribution in [1.29, 1.82) is 0 Å². The average Bonchev–Trinajstić information content (AvgIpc) is 2.05. The normalized spacial score (nSPS) is 30.2. The van der Waals surface area contributed by atoms with Crippen LogP contribution in [0.5, 0.6) is 0 Å². The molecule has 0 heterocycles. The zero-order chi connectivity index (χ0) is 9.03. The highest BCUT2D eigenvalue weighted by atomic mass is 16.4. The van der Waals surface area contributed by atoms with Crippen LogP contribution in [0.4, 0.5) is 0 Å². The molecule has 0 fully saturated rings. The van der Waals surface area contributed by atoms with Crippen molar-refractivity contribution in [1.82, 2.24) is 0 Å². The van der Waals surface area contributed by atoms with E-state index in [0.29, 0.717) is 0 Å². The van der Waals surface area contributed by atoms with Gasteiger partial charge in [0.25, 0.3) is 0 Å². The first-order valence-corrected chi connectivity index (χ1v) is 4.20. The molecule has 0 bridgehead atoms. The van der Waals surface area contributed by atoms with Crippen LogP contribution >= 0.6 is 0 Å². The smallest absolute Gasteiger partial charge is 0.0538 e. The van der Waals surface area contributed by atoms with Gasteiger partial charge in [0.2, 0.25) is 0 Å². The second-order valence-corrected chi connectivity index (χ2v) is 3.45. The van der Waals surface area contributed by atoms with Gasteiger partial charge in [0.05, 0.1) is 6.21 Å². The van der Waals surface area contributed by atoms with Crippen LogP contribution in [0.2, 0.25) is 0 Å². The summed E-state index contributed by atoms with van der Waals surface area (Å²) >= 11 is 0. The second kappa shape index (κ2) is 3.57. The summed E-state index contributed by atoms with van der Waals surface area (Å²) in [7, 11) is 0. The number of rotatable bonds is 2. The van der Waals surface area contributed by atoms with E-state index in [2.05, 4.69) is 24.7 Å². The Morgan fingerprint density at radius 2 is 2.50 bits per heavy atom. The summed E-state index contributed by atoms with van der Waals surface area (Å²) in [5, 5.41) is 11.6. The molecule has 0 spiro atoms. The zero-order valence-corrected chi connectivity index (χ0v) is 7.45. The zero-order valence-electron chi connectivity index (χ0n) is 7.45. The van der Waals surface area contributed by atoms with Gasteiger partial charge in [-0.15, -0.1) is 11.7 Å². The number of nitrogens with zero attached hydrogens (tertiary/aromatic N) is 1. The maximum Gasteiger partial charge on any atom is 0.0538 e. The van der Waals surface area contributed by atoms with Crippen LogP contribution in [-0.2, 0) is 0 Å². The fourth-order valence-electron chi connectivity index (χ4n) is 1.72. The molecule has 1 rings (SSSR count). The van der Waals surface area contributed by atoms with Gasteiger partial charge in [-0.1, -0.05) is 17.7 Å². The molecule has 0 saturated carbocycles. The molecule has 0 saturated heterocycles. The average molecular weight is 165 g/mol. The molecule has 1 N–H and O–H groups in total. The lowest BCUT2D eigenvalue weighted by atomic mass is 9.75. The van der Waals surface area contributed by atoms with Crippen LogP contribution in [0.3, 0.4) is 0 Å². The Labute approximate surface area is 73.3 Å². The highest BCUT2D eigenvalue weighted by molar-refractivity contribution is 5.68. The molecule has 0 aromatic heterocycles. The summed E-state index contributed by atoms with van der Waals surface area (Å²) < 4.78 is 0. The van der Waals surface area contributed by atoms with Gasteiger partial charge in [0.1, 0.15) is 0 Å². The van der Waals surface area contributed by atoms with Gasteiger partial charge >= 0.3 is 0 Å². The lowest BCUT2D eigenvalue weighted by Gasteiger charge is -2.29. The van der Waals surface area contributed by atoms with Crippen molar-refractivity contribution < 1.29 is 5.21 Å². The van der Waals surface area contributed by atoms with Crippen LogP contribution in [0.15, 0.2) is 29.5 Å². The SMILES string of the molecule is C=CC1(/C=N\O)CCC=C(C)C1. The minimum absolute atomic E-state index is 0.104. The molecule has 2 heteroatoms. The number of hydrogen-bond donors (Lipinski definition) is 1. The van der Waals surface area contributed by atoms with Crippen molar-refractivity contribution in [3.8, 4) is 0 Å². The fourth-order valence-corrected chi connectivity index (χ4v) is 1.72. The van der Waals surface area contributed by atoms with Gasteiger partial charge in [-0.2, -0.15) is 0 Å². The largest absolute Gasteiger partial charge is 0.411 e. The molecular formula is C10H15NO. The van der Waals surface area contributed by atoms with Gasteiger partial charge in [-0.25, -0.2) is 0 Å². The number of oxime groups is 1. The Morgan fingerprint density at radius 1 is 1.75 bits per heavy atom. The molecule has 0 radical (unpaired) electrons. The van der Waals surface area contributed by atoms with Gasteiger partial charge in [-0.05, 0) is 26.2 Å². The molecule has 0 aromatic rings. The molecule has 12 heavy (non-hydrogen) atoms. The van der Waals surface area contributed by atoms with Crippen molar-refractivity contribution in [3.05, 3.63) is 24.3 Å². The Kier molecular flexibility index (Phi) is 2.69. The van der Waals surface area contributed by atoms with Crippen molar-refractivity contribution in [3.63, 3.8) is 0 Å². The molecule has 1 atom stereocenters. The standard InChI is InChI=1S/C10H15NO/c1-3-10(8-11-12)6-4-5-9(2)7-10/h3,5,8,12H,1,4,6-7H2,2H3/b11-8-. The van der Waals surface area contributed by atoms with Crippen LogP contribution in [-0.4, -0.2) is 11.4 Å². The first-order chi connectivity index (χ1) is 5.72. The maximum absolute atomic E-state index is 8.50. The third-order valence-corrected chi connectivity index (χ3v) is 2.43. The molecule has 0 amide bonds. The second-order valence-electron chi connectivity index (χ2n) is 3.45. The molecule has 66 valence electrons. The third kappa shape index (κ3) is 1.76. The molecule has 2 nitrogen and oxygen atoms in total. The molecule has 1 aliphatic carbocycles.